The lowest BCUT2D eigenvalue weighted by molar-refractivity contribution is -0.148. The third-order valence-electron chi connectivity index (χ3n) is 2.21. The van der Waals surface area contributed by atoms with Gasteiger partial charge in [0.05, 0.1) is 12.5 Å². The van der Waals surface area contributed by atoms with E-state index in [9.17, 15) is 4.79 Å². The lowest BCUT2D eigenvalue weighted by Crippen LogP contribution is -2.18. The van der Waals surface area contributed by atoms with Crippen LogP contribution in [0, 0.1) is 5.92 Å². The third-order valence-corrected chi connectivity index (χ3v) is 2.77. The highest BCUT2D eigenvalue weighted by Gasteiger charge is 2.18. The Morgan fingerprint density at radius 1 is 1.29 bits per heavy atom. The highest BCUT2D eigenvalue weighted by Crippen LogP contribution is 2.17. The van der Waals surface area contributed by atoms with E-state index in [1.54, 1.807) is 0 Å². The summed E-state index contributed by atoms with van der Waals surface area (Å²) >= 11 is 3.38. The van der Waals surface area contributed by atoms with Gasteiger partial charge in [0.15, 0.2) is 0 Å². The Bertz CT molecular complexity index is 140. The fraction of sp³-hybridized carbons (Fsp3) is 0.909. The lowest BCUT2D eigenvalue weighted by atomic mass is 9.97. The van der Waals surface area contributed by atoms with Crippen molar-refractivity contribution in [3.05, 3.63) is 0 Å². The molecule has 0 aliphatic rings. The minimum atomic E-state index is -0.0121. The van der Waals surface area contributed by atoms with E-state index in [1.807, 2.05) is 6.92 Å². The number of rotatable bonds is 8. The number of hydrogen-bond donors (Lipinski definition) is 0. The minimum absolute atomic E-state index is 0.0121. The minimum Gasteiger partial charge on any atom is -0.466 e. The monoisotopic (exact) mass is 264 g/mol. The largest absolute Gasteiger partial charge is 0.466 e. The first-order chi connectivity index (χ1) is 6.76. The molecular formula is C11H21BrO2. The van der Waals surface area contributed by atoms with E-state index < -0.39 is 0 Å². The molecule has 14 heavy (non-hydrogen) atoms. The van der Waals surface area contributed by atoms with Crippen LogP contribution in [-0.2, 0) is 9.53 Å². The molecule has 0 spiro atoms. The number of hydrogen-bond acceptors (Lipinski definition) is 2. The molecule has 3 heteroatoms. The van der Waals surface area contributed by atoms with Crippen LogP contribution in [0.1, 0.15) is 46.0 Å². The summed E-state index contributed by atoms with van der Waals surface area (Å²) < 4.78 is 5.04. The number of ether oxygens (including phenoxy) is 1. The molecule has 2 nitrogen and oxygen atoms in total. The van der Waals surface area contributed by atoms with Crippen molar-refractivity contribution in [2.75, 3.05) is 11.9 Å². The molecule has 1 unspecified atom stereocenters. The maximum Gasteiger partial charge on any atom is 0.308 e. The molecule has 0 fully saturated rings. The van der Waals surface area contributed by atoms with Crippen LogP contribution < -0.4 is 0 Å². The average Bonchev–Trinajstić information content (AvgIpc) is 2.18. The quantitative estimate of drug-likeness (QED) is 0.495. The van der Waals surface area contributed by atoms with Gasteiger partial charge in [0.1, 0.15) is 0 Å². The fourth-order valence-corrected chi connectivity index (χ4v) is 1.74. The van der Waals surface area contributed by atoms with Crippen LogP contribution in [0.5, 0.6) is 0 Å². The second kappa shape index (κ2) is 9.50. The van der Waals surface area contributed by atoms with Gasteiger partial charge in [-0.3, -0.25) is 4.79 Å². The van der Waals surface area contributed by atoms with Gasteiger partial charge in [-0.05, 0) is 26.2 Å². The predicted octanol–water partition coefficient (Wildman–Crippen LogP) is 3.53. The van der Waals surface area contributed by atoms with Crippen molar-refractivity contribution < 1.29 is 9.53 Å². The van der Waals surface area contributed by atoms with Gasteiger partial charge in [-0.15, -0.1) is 0 Å². The molecule has 0 aromatic rings. The van der Waals surface area contributed by atoms with E-state index in [-0.39, 0.29) is 11.9 Å². The molecule has 0 rings (SSSR count). The summed E-state index contributed by atoms with van der Waals surface area (Å²) in [5.74, 6) is 0.106. The van der Waals surface area contributed by atoms with Crippen molar-refractivity contribution in [3.63, 3.8) is 0 Å². The number of unbranched alkanes of at least 4 members (excludes halogenated alkanes) is 1. The van der Waals surface area contributed by atoms with Crippen LogP contribution in [0.4, 0.5) is 0 Å². The van der Waals surface area contributed by atoms with E-state index in [4.69, 9.17) is 4.74 Å². The molecule has 84 valence electrons. The number of carbonyl (C=O) groups is 1. The zero-order chi connectivity index (χ0) is 10.8. The average molecular weight is 265 g/mol. The van der Waals surface area contributed by atoms with Gasteiger partial charge in [0.25, 0.3) is 0 Å². The highest BCUT2D eigenvalue weighted by molar-refractivity contribution is 9.09. The Hall–Kier alpha value is -0.0500. The molecule has 0 N–H and O–H groups in total. The van der Waals surface area contributed by atoms with Crippen LogP contribution in [0.15, 0.2) is 0 Å². The van der Waals surface area contributed by atoms with Gasteiger partial charge in [0, 0.05) is 5.33 Å². The van der Waals surface area contributed by atoms with Gasteiger partial charge in [-0.25, -0.2) is 0 Å². The molecule has 0 saturated carbocycles. The maximum atomic E-state index is 11.5. The molecule has 0 radical (unpaired) electrons. The standard InChI is InChI=1S/C11H21BrO2/c1-3-5-7-10(8-6-9-12)11(13)14-4-2/h10H,3-9H2,1-2H3. The fourth-order valence-electron chi connectivity index (χ4n) is 1.41. The summed E-state index contributed by atoms with van der Waals surface area (Å²) in [6, 6.07) is 0. The molecule has 0 saturated heterocycles. The molecule has 0 amide bonds. The SMILES string of the molecule is CCCCC(CCCBr)C(=O)OCC. The highest BCUT2D eigenvalue weighted by atomic mass is 79.9. The van der Waals surface area contributed by atoms with Crippen LogP contribution in [0.3, 0.4) is 0 Å². The Kier molecular flexibility index (Phi) is 9.47. The van der Waals surface area contributed by atoms with E-state index in [0.717, 1.165) is 37.4 Å². The zero-order valence-electron chi connectivity index (χ0n) is 9.22. The summed E-state index contributed by atoms with van der Waals surface area (Å²) in [5.41, 5.74) is 0. The first kappa shape index (κ1) is 13.9. The van der Waals surface area contributed by atoms with Crippen LogP contribution in [0.2, 0.25) is 0 Å². The van der Waals surface area contributed by atoms with Crippen LogP contribution in [-0.4, -0.2) is 17.9 Å². The van der Waals surface area contributed by atoms with Gasteiger partial charge >= 0.3 is 5.97 Å². The molecule has 0 aliphatic heterocycles. The van der Waals surface area contributed by atoms with E-state index in [1.165, 1.54) is 0 Å². The first-order valence-corrected chi connectivity index (χ1v) is 6.61. The molecule has 0 aromatic carbocycles. The van der Waals surface area contributed by atoms with Gasteiger partial charge < -0.3 is 4.74 Å². The molecule has 0 aromatic heterocycles. The summed E-state index contributed by atoms with van der Waals surface area (Å²) in [6.07, 6.45) is 5.23. The molecule has 0 heterocycles. The van der Waals surface area contributed by atoms with E-state index in [0.29, 0.717) is 6.61 Å². The van der Waals surface area contributed by atoms with E-state index >= 15 is 0 Å². The molecule has 0 aliphatic carbocycles. The van der Waals surface area contributed by atoms with Crippen LogP contribution in [0.25, 0.3) is 0 Å². The lowest BCUT2D eigenvalue weighted by Gasteiger charge is -2.14. The molecular weight excluding hydrogens is 244 g/mol. The summed E-state index contributed by atoms with van der Waals surface area (Å²) in [6.45, 7) is 4.50. The second-order valence-corrected chi connectivity index (χ2v) is 4.22. The van der Waals surface area contributed by atoms with Crippen molar-refractivity contribution in [3.8, 4) is 0 Å². The molecule has 0 bridgehead atoms. The van der Waals surface area contributed by atoms with Crippen LogP contribution >= 0.6 is 15.9 Å². The normalized spacial score (nSPS) is 12.5. The Labute approximate surface area is 95.5 Å². The Morgan fingerprint density at radius 3 is 2.43 bits per heavy atom. The third kappa shape index (κ3) is 6.41. The van der Waals surface area contributed by atoms with Gasteiger partial charge in [0.2, 0.25) is 0 Å². The van der Waals surface area contributed by atoms with Crippen molar-refractivity contribution in [1.82, 2.24) is 0 Å². The zero-order valence-corrected chi connectivity index (χ0v) is 10.8. The summed E-state index contributed by atoms with van der Waals surface area (Å²) in [7, 11) is 0. The maximum absolute atomic E-state index is 11.5. The van der Waals surface area contributed by atoms with Crippen molar-refractivity contribution in [2.45, 2.75) is 46.0 Å². The summed E-state index contributed by atoms with van der Waals surface area (Å²) in [5, 5.41) is 0.967. The number of esters is 1. The topological polar surface area (TPSA) is 26.3 Å². The Balaban J connectivity index is 3.88. The smallest absolute Gasteiger partial charge is 0.308 e. The van der Waals surface area contributed by atoms with E-state index in [2.05, 4.69) is 22.9 Å². The Morgan fingerprint density at radius 2 is 1.93 bits per heavy atom. The predicted molar refractivity (Wildman–Crippen MR) is 62.7 cm³/mol. The first-order valence-electron chi connectivity index (χ1n) is 5.48. The number of alkyl halides is 1. The summed E-state index contributed by atoms with van der Waals surface area (Å²) in [4.78, 5) is 11.5. The van der Waals surface area contributed by atoms with Crippen molar-refractivity contribution in [2.24, 2.45) is 5.92 Å². The number of carbonyl (C=O) groups excluding carboxylic acids is 1. The van der Waals surface area contributed by atoms with Crippen molar-refractivity contribution >= 4 is 21.9 Å². The number of halogens is 1. The van der Waals surface area contributed by atoms with Crippen molar-refractivity contribution in [1.29, 1.82) is 0 Å². The second-order valence-electron chi connectivity index (χ2n) is 3.42. The molecule has 1 atom stereocenters. The van der Waals surface area contributed by atoms with Gasteiger partial charge in [-0.2, -0.15) is 0 Å². The van der Waals surface area contributed by atoms with Gasteiger partial charge in [-0.1, -0.05) is 35.7 Å².